The van der Waals surface area contributed by atoms with Crippen molar-refractivity contribution in [2.24, 2.45) is 5.92 Å². The van der Waals surface area contributed by atoms with Crippen molar-refractivity contribution in [1.82, 2.24) is 0 Å². The van der Waals surface area contributed by atoms with Crippen LogP contribution in [0.15, 0.2) is 18.2 Å². The van der Waals surface area contributed by atoms with E-state index in [1.807, 2.05) is 0 Å². The van der Waals surface area contributed by atoms with Gasteiger partial charge in [0.25, 0.3) is 0 Å². The van der Waals surface area contributed by atoms with E-state index in [0.717, 1.165) is 19.3 Å². The topological polar surface area (TPSA) is 37.3 Å². The molecule has 2 atom stereocenters. The molecule has 0 spiro atoms. The molecule has 1 saturated carbocycles. The molecule has 0 saturated heterocycles. The predicted molar refractivity (Wildman–Crippen MR) is 63.3 cm³/mol. The summed E-state index contributed by atoms with van der Waals surface area (Å²) in [5.74, 6) is -3.45. The number of carboxylic acid groups (broad SMARTS) is 1. The van der Waals surface area contributed by atoms with Gasteiger partial charge in [-0.2, -0.15) is 0 Å². The molecule has 0 heterocycles. The Balaban J connectivity index is 2.41. The van der Waals surface area contributed by atoms with E-state index in [-0.39, 0.29) is 5.56 Å². The molecule has 4 heteroatoms. The van der Waals surface area contributed by atoms with Crippen molar-refractivity contribution in [2.75, 3.05) is 0 Å². The van der Waals surface area contributed by atoms with Gasteiger partial charge in [0.05, 0.1) is 5.92 Å². The van der Waals surface area contributed by atoms with Gasteiger partial charge in [-0.3, -0.25) is 4.79 Å². The van der Waals surface area contributed by atoms with Gasteiger partial charge in [-0.15, -0.1) is 0 Å². The Labute approximate surface area is 105 Å². The second kappa shape index (κ2) is 5.46. The lowest BCUT2D eigenvalue weighted by molar-refractivity contribution is -0.142. The molecule has 1 aliphatic carbocycles. The van der Waals surface area contributed by atoms with Crippen LogP contribution in [0.1, 0.15) is 43.6 Å². The summed E-state index contributed by atoms with van der Waals surface area (Å²) < 4.78 is 27.5. The van der Waals surface area contributed by atoms with E-state index >= 15 is 0 Å². The molecule has 1 aliphatic rings. The predicted octanol–water partition coefficient (Wildman–Crippen LogP) is 3.71. The lowest BCUT2D eigenvalue weighted by atomic mass is 9.82. The van der Waals surface area contributed by atoms with Gasteiger partial charge >= 0.3 is 5.97 Å². The van der Waals surface area contributed by atoms with E-state index in [0.29, 0.717) is 12.8 Å². The second-order valence-electron chi connectivity index (χ2n) is 4.82. The maximum Gasteiger partial charge on any atom is 0.307 e. The van der Waals surface area contributed by atoms with Crippen molar-refractivity contribution in [3.8, 4) is 0 Å². The number of hydrogen-bond acceptors (Lipinski definition) is 1. The minimum atomic E-state index is -0.954. The highest BCUT2D eigenvalue weighted by molar-refractivity contribution is 5.71. The Morgan fingerprint density at radius 1 is 1.11 bits per heavy atom. The lowest BCUT2D eigenvalue weighted by Crippen LogP contribution is -2.22. The van der Waals surface area contributed by atoms with Gasteiger partial charge < -0.3 is 5.11 Å². The molecular formula is C14H16F2O2. The zero-order valence-corrected chi connectivity index (χ0v) is 10.0. The van der Waals surface area contributed by atoms with Gasteiger partial charge in [0.2, 0.25) is 0 Å². The fraction of sp³-hybridized carbons (Fsp3) is 0.500. The summed E-state index contributed by atoms with van der Waals surface area (Å²) in [6.07, 6.45) is 3.59. The quantitative estimate of drug-likeness (QED) is 0.817. The number of rotatable bonds is 2. The average molecular weight is 254 g/mol. The number of carbonyl (C=O) groups is 1. The average Bonchev–Trinajstić information content (AvgIpc) is 2.54. The summed E-state index contributed by atoms with van der Waals surface area (Å²) in [6.45, 7) is 0. The molecule has 1 N–H and O–H groups in total. The maximum absolute atomic E-state index is 13.8. The summed E-state index contributed by atoms with van der Waals surface area (Å²) >= 11 is 0. The van der Waals surface area contributed by atoms with Crippen LogP contribution in [-0.4, -0.2) is 11.1 Å². The molecule has 0 aromatic heterocycles. The van der Waals surface area contributed by atoms with Gasteiger partial charge in [-0.1, -0.05) is 25.3 Å². The zero-order valence-electron chi connectivity index (χ0n) is 10.0. The Kier molecular flexibility index (Phi) is 3.94. The highest BCUT2D eigenvalue weighted by atomic mass is 19.1. The fourth-order valence-corrected chi connectivity index (χ4v) is 2.81. The van der Waals surface area contributed by atoms with Crippen LogP contribution in [0.5, 0.6) is 0 Å². The number of carboxylic acids is 1. The zero-order chi connectivity index (χ0) is 13.1. The molecule has 1 fully saturated rings. The van der Waals surface area contributed by atoms with Crippen LogP contribution < -0.4 is 0 Å². The molecule has 98 valence electrons. The molecular weight excluding hydrogens is 238 g/mol. The van der Waals surface area contributed by atoms with E-state index in [2.05, 4.69) is 0 Å². The summed E-state index contributed by atoms with van der Waals surface area (Å²) in [5, 5.41) is 9.23. The molecule has 0 amide bonds. The molecule has 1 aromatic carbocycles. The third-order valence-electron chi connectivity index (χ3n) is 3.70. The number of aliphatic carboxylic acids is 1. The van der Waals surface area contributed by atoms with Crippen molar-refractivity contribution in [3.05, 3.63) is 35.4 Å². The maximum atomic E-state index is 13.8. The number of hydrogen-bond donors (Lipinski definition) is 1. The van der Waals surface area contributed by atoms with Gasteiger partial charge in [-0.25, -0.2) is 8.78 Å². The first-order chi connectivity index (χ1) is 8.61. The smallest absolute Gasteiger partial charge is 0.307 e. The molecule has 0 aliphatic heterocycles. The van der Waals surface area contributed by atoms with Gasteiger partial charge in [0, 0.05) is 11.5 Å². The summed E-state index contributed by atoms with van der Waals surface area (Å²) in [4.78, 5) is 11.3. The van der Waals surface area contributed by atoms with Gasteiger partial charge in [0.15, 0.2) is 0 Å². The fourth-order valence-electron chi connectivity index (χ4n) is 2.81. The van der Waals surface area contributed by atoms with E-state index < -0.39 is 29.4 Å². The SMILES string of the molecule is O=C(O)C1CCCCCC1c1c(F)cccc1F. The highest BCUT2D eigenvalue weighted by Crippen LogP contribution is 2.38. The van der Waals surface area contributed by atoms with Gasteiger partial charge in [-0.05, 0) is 25.0 Å². The van der Waals surface area contributed by atoms with Crippen LogP contribution in [0, 0.1) is 17.6 Å². The standard InChI is InChI=1S/C14H16F2O2/c15-11-7-4-8-12(16)13(11)9-5-2-1-3-6-10(9)14(17)18/h4,7-10H,1-3,5-6H2,(H,17,18). The Morgan fingerprint density at radius 3 is 2.33 bits per heavy atom. The van der Waals surface area contributed by atoms with Crippen molar-refractivity contribution in [1.29, 1.82) is 0 Å². The Bertz CT molecular complexity index is 425. The molecule has 0 bridgehead atoms. The molecule has 2 nitrogen and oxygen atoms in total. The highest BCUT2D eigenvalue weighted by Gasteiger charge is 2.33. The third kappa shape index (κ3) is 2.52. The molecule has 0 radical (unpaired) electrons. The first-order valence-electron chi connectivity index (χ1n) is 6.28. The monoisotopic (exact) mass is 254 g/mol. The van der Waals surface area contributed by atoms with Gasteiger partial charge in [0.1, 0.15) is 11.6 Å². The molecule has 1 aromatic rings. The second-order valence-corrected chi connectivity index (χ2v) is 4.82. The van der Waals surface area contributed by atoms with Crippen molar-refractivity contribution in [3.63, 3.8) is 0 Å². The van der Waals surface area contributed by atoms with E-state index in [1.165, 1.54) is 18.2 Å². The minimum Gasteiger partial charge on any atom is -0.481 e. The van der Waals surface area contributed by atoms with Crippen molar-refractivity contribution in [2.45, 2.75) is 38.0 Å². The van der Waals surface area contributed by atoms with Crippen molar-refractivity contribution >= 4 is 5.97 Å². The molecule has 2 unspecified atom stereocenters. The van der Waals surface area contributed by atoms with Crippen LogP contribution in [0.25, 0.3) is 0 Å². The molecule has 2 rings (SSSR count). The van der Waals surface area contributed by atoms with Crippen LogP contribution >= 0.6 is 0 Å². The van der Waals surface area contributed by atoms with Crippen LogP contribution in [-0.2, 0) is 4.79 Å². The van der Waals surface area contributed by atoms with E-state index in [4.69, 9.17) is 0 Å². The van der Waals surface area contributed by atoms with Crippen LogP contribution in [0.4, 0.5) is 8.78 Å². The third-order valence-corrected chi connectivity index (χ3v) is 3.70. The number of halogens is 2. The lowest BCUT2D eigenvalue weighted by Gasteiger charge is -2.22. The summed E-state index contributed by atoms with van der Waals surface area (Å²) in [7, 11) is 0. The summed E-state index contributed by atoms with van der Waals surface area (Å²) in [6, 6.07) is 3.70. The van der Waals surface area contributed by atoms with E-state index in [9.17, 15) is 18.7 Å². The first-order valence-corrected chi connectivity index (χ1v) is 6.28. The molecule has 18 heavy (non-hydrogen) atoms. The Morgan fingerprint density at radius 2 is 1.72 bits per heavy atom. The summed E-state index contributed by atoms with van der Waals surface area (Å²) in [5.41, 5.74) is -0.0493. The van der Waals surface area contributed by atoms with Crippen LogP contribution in [0.2, 0.25) is 0 Å². The normalized spacial score (nSPS) is 24.6. The van der Waals surface area contributed by atoms with E-state index in [1.54, 1.807) is 0 Å². The largest absolute Gasteiger partial charge is 0.481 e. The number of benzene rings is 1. The minimum absolute atomic E-state index is 0.0493. The first kappa shape index (κ1) is 13.0. The Hall–Kier alpha value is -1.45. The van der Waals surface area contributed by atoms with Crippen LogP contribution in [0.3, 0.4) is 0 Å². The van der Waals surface area contributed by atoms with Crippen molar-refractivity contribution < 1.29 is 18.7 Å².